The van der Waals surface area contributed by atoms with Gasteiger partial charge in [-0.2, -0.15) is 0 Å². The average Bonchev–Trinajstić information content (AvgIpc) is 3.13. The highest BCUT2D eigenvalue weighted by Gasteiger charge is 2.52. The van der Waals surface area contributed by atoms with Crippen molar-refractivity contribution in [2.75, 3.05) is 18.7 Å². The van der Waals surface area contributed by atoms with Gasteiger partial charge in [0.25, 0.3) is 5.92 Å². The highest BCUT2D eigenvalue weighted by Crippen LogP contribution is 2.50. The van der Waals surface area contributed by atoms with Crippen molar-refractivity contribution in [3.63, 3.8) is 0 Å². The molecule has 0 aromatic heterocycles. The van der Waals surface area contributed by atoms with E-state index in [1.165, 1.54) is 23.1 Å². The van der Waals surface area contributed by atoms with Gasteiger partial charge in [0, 0.05) is 24.7 Å². The molecular formula is C19H17F2NO3. The molecule has 2 aliphatic heterocycles. The number of hydrogen-bond donors (Lipinski definition) is 0. The molecule has 2 aliphatic rings. The number of amides is 1. The number of alkyl halides is 2. The molecule has 6 heteroatoms. The summed E-state index contributed by atoms with van der Waals surface area (Å²) in [4.78, 5) is 14.2. The SMILES string of the molecule is CN1C(=O)C(C)(CC(F)(F)c2ccc3c(c2)OCO3)c2ccccc21. The lowest BCUT2D eigenvalue weighted by Crippen LogP contribution is -2.40. The van der Waals surface area contributed by atoms with Crippen LogP contribution in [0, 0.1) is 0 Å². The maximum absolute atomic E-state index is 15.0. The van der Waals surface area contributed by atoms with Crippen LogP contribution >= 0.6 is 0 Å². The summed E-state index contributed by atoms with van der Waals surface area (Å²) in [6.07, 6.45) is -0.611. The smallest absolute Gasteiger partial charge is 0.274 e. The molecule has 0 saturated carbocycles. The van der Waals surface area contributed by atoms with E-state index < -0.39 is 17.8 Å². The minimum absolute atomic E-state index is 0.0265. The molecule has 25 heavy (non-hydrogen) atoms. The Balaban J connectivity index is 1.72. The number of rotatable bonds is 3. The van der Waals surface area contributed by atoms with E-state index in [4.69, 9.17) is 9.47 Å². The molecule has 2 aromatic carbocycles. The topological polar surface area (TPSA) is 38.8 Å². The Labute approximate surface area is 144 Å². The molecule has 130 valence electrons. The Hall–Kier alpha value is -2.63. The Kier molecular flexibility index (Phi) is 3.29. The molecular weight excluding hydrogens is 328 g/mol. The molecule has 4 nitrogen and oxygen atoms in total. The summed E-state index contributed by atoms with van der Waals surface area (Å²) in [6, 6.07) is 11.2. The molecule has 0 bridgehead atoms. The lowest BCUT2D eigenvalue weighted by molar-refractivity contribution is -0.126. The van der Waals surface area contributed by atoms with E-state index in [-0.39, 0.29) is 18.3 Å². The Morgan fingerprint density at radius 1 is 1.16 bits per heavy atom. The van der Waals surface area contributed by atoms with Crippen molar-refractivity contribution in [1.82, 2.24) is 0 Å². The second-order valence-electron chi connectivity index (χ2n) is 6.66. The molecule has 0 radical (unpaired) electrons. The Bertz CT molecular complexity index is 867. The van der Waals surface area contributed by atoms with E-state index in [1.807, 2.05) is 0 Å². The van der Waals surface area contributed by atoms with Gasteiger partial charge in [-0.3, -0.25) is 4.79 Å². The van der Waals surface area contributed by atoms with Crippen LogP contribution in [0.25, 0.3) is 0 Å². The molecule has 0 fully saturated rings. The second kappa shape index (κ2) is 5.18. The number of halogens is 2. The van der Waals surface area contributed by atoms with E-state index in [2.05, 4.69) is 0 Å². The molecule has 2 aromatic rings. The van der Waals surface area contributed by atoms with Crippen molar-refractivity contribution in [2.45, 2.75) is 24.7 Å². The van der Waals surface area contributed by atoms with Gasteiger partial charge in [-0.1, -0.05) is 18.2 Å². The number of para-hydroxylation sites is 1. The summed E-state index contributed by atoms with van der Waals surface area (Å²) in [5.74, 6) is -2.76. The molecule has 1 unspecified atom stereocenters. The van der Waals surface area contributed by atoms with Crippen LogP contribution in [0.1, 0.15) is 24.5 Å². The molecule has 2 heterocycles. The predicted molar refractivity (Wildman–Crippen MR) is 88.3 cm³/mol. The van der Waals surface area contributed by atoms with Crippen LogP contribution in [-0.2, 0) is 16.1 Å². The first-order valence-electron chi connectivity index (χ1n) is 7.98. The van der Waals surface area contributed by atoms with Crippen LogP contribution in [0.4, 0.5) is 14.5 Å². The molecule has 0 saturated heterocycles. The van der Waals surface area contributed by atoms with Crippen LogP contribution in [-0.4, -0.2) is 19.7 Å². The van der Waals surface area contributed by atoms with Gasteiger partial charge in [0.1, 0.15) is 0 Å². The third-order valence-corrected chi connectivity index (χ3v) is 5.01. The van der Waals surface area contributed by atoms with Crippen molar-refractivity contribution >= 4 is 11.6 Å². The van der Waals surface area contributed by atoms with Gasteiger partial charge in [-0.25, -0.2) is 8.78 Å². The standard InChI is InChI=1S/C19H17F2NO3/c1-18(13-5-3-4-6-14(13)22(2)17(18)23)10-19(20,21)12-7-8-15-16(9-12)25-11-24-15/h3-9H,10-11H2,1-2H3. The fraction of sp³-hybridized carbons (Fsp3) is 0.316. The largest absolute Gasteiger partial charge is 0.454 e. The molecule has 0 aliphatic carbocycles. The molecule has 4 rings (SSSR count). The van der Waals surface area contributed by atoms with Gasteiger partial charge in [0.15, 0.2) is 11.5 Å². The van der Waals surface area contributed by atoms with E-state index in [9.17, 15) is 4.79 Å². The van der Waals surface area contributed by atoms with E-state index in [1.54, 1.807) is 38.2 Å². The van der Waals surface area contributed by atoms with Gasteiger partial charge in [0.2, 0.25) is 12.7 Å². The molecule has 0 N–H and O–H groups in total. The van der Waals surface area contributed by atoms with Crippen LogP contribution in [0.15, 0.2) is 42.5 Å². The van der Waals surface area contributed by atoms with Crippen molar-refractivity contribution < 1.29 is 23.0 Å². The van der Waals surface area contributed by atoms with Crippen LogP contribution < -0.4 is 14.4 Å². The van der Waals surface area contributed by atoms with Gasteiger partial charge >= 0.3 is 0 Å². The molecule has 1 amide bonds. The number of carbonyl (C=O) groups is 1. The van der Waals surface area contributed by atoms with Gasteiger partial charge in [-0.05, 0) is 36.8 Å². The Morgan fingerprint density at radius 3 is 2.68 bits per heavy atom. The quantitative estimate of drug-likeness (QED) is 0.849. The maximum atomic E-state index is 15.0. The van der Waals surface area contributed by atoms with E-state index >= 15 is 8.78 Å². The van der Waals surface area contributed by atoms with E-state index in [0.717, 1.165) is 0 Å². The number of anilines is 1. The van der Waals surface area contributed by atoms with Gasteiger partial charge in [0.05, 0.1) is 5.41 Å². The number of hydrogen-bond acceptors (Lipinski definition) is 3. The zero-order valence-electron chi connectivity index (χ0n) is 13.9. The third kappa shape index (κ3) is 2.27. The van der Waals surface area contributed by atoms with Crippen molar-refractivity contribution in [3.8, 4) is 11.5 Å². The Morgan fingerprint density at radius 2 is 1.88 bits per heavy atom. The maximum Gasteiger partial charge on any atom is 0.274 e. The second-order valence-corrected chi connectivity index (χ2v) is 6.66. The van der Waals surface area contributed by atoms with Crippen molar-refractivity contribution in [1.29, 1.82) is 0 Å². The predicted octanol–water partition coefficient (Wildman–Crippen LogP) is 3.83. The summed E-state index contributed by atoms with van der Waals surface area (Å²) in [7, 11) is 1.62. The third-order valence-electron chi connectivity index (χ3n) is 5.01. The minimum Gasteiger partial charge on any atom is -0.454 e. The first-order chi connectivity index (χ1) is 11.8. The summed E-state index contributed by atoms with van der Waals surface area (Å²) in [5.41, 5.74) is -0.164. The van der Waals surface area contributed by atoms with E-state index in [0.29, 0.717) is 22.7 Å². The lowest BCUT2D eigenvalue weighted by Gasteiger charge is -2.28. The molecule has 0 spiro atoms. The van der Waals surface area contributed by atoms with Gasteiger partial charge < -0.3 is 14.4 Å². The highest BCUT2D eigenvalue weighted by atomic mass is 19.3. The number of nitrogens with zero attached hydrogens (tertiary/aromatic N) is 1. The first-order valence-corrected chi connectivity index (χ1v) is 7.98. The lowest BCUT2D eigenvalue weighted by atomic mass is 9.77. The number of ether oxygens (including phenoxy) is 2. The van der Waals surface area contributed by atoms with Crippen LogP contribution in [0.2, 0.25) is 0 Å². The minimum atomic E-state index is -3.19. The summed E-state index contributed by atoms with van der Waals surface area (Å²) in [5, 5.41) is 0. The zero-order chi connectivity index (χ0) is 17.8. The highest BCUT2D eigenvalue weighted by molar-refractivity contribution is 6.07. The molecule has 1 atom stereocenters. The number of fused-ring (bicyclic) bond motifs is 2. The van der Waals surface area contributed by atoms with Gasteiger partial charge in [-0.15, -0.1) is 0 Å². The van der Waals surface area contributed by atoms with Crippen LogP contribution in [0.5, 0.6) is 11.5 Å². The summed E-state index contributed by atoms with van der Waals surface area (Å²) >= 11 is 0. The normalized spacial score (nSPS) is 21.6. The summed E-state index contributed by atoms with van der Waals surface area (Å²) in [6.45, 7) is 1.61. The average molecular weight is 345 g/mol. The fourth-order valence-corrected chi connectivity index (χ4v) is 3.67. The zero-order valence-corrected chi connectivity index (χ0v) is 13.9. The monoisotopic (exact) mass is 345 g/mol. The van der Waals surface area contributed by atoms with Crippen LogP contribution in [0.3, 0.4) is 0 Å². The van der Waals surface area contributed by atoms with Crippen molar-refractivity contribution in [2.24, 2.45) is 0 Å². The number of carbonyl (C=O) groups excluding carboxylic acids is 1. The number of benzene rings is 2. The summed E-state index contributed by atoms with van der Waals surface area (Å²) < 4.78 is 40.5. The fourth-order valence-electron chi connectivity index (χ4n) is 3.67. The van der Waals surface area contributed by atoms with Crippen molar-refractivity contribution in [3.05, 3.63) is 53.6 Å². The first kappa shape index (κ1) is 15.9. The number of likely N-dealkylation sites (N-methyl/N-ethyl adjacent to an activating group) is 1.